The summed E-state index contributed by atoms with van der Waals surface area (Å²) < 4.78 is 2.21. The molecule has 0 unspecified atom stereocenters. The maximum atomic E-state index is 8.92. The van der Waals surface area contributed by atoms with E-state index >= 15 is 0 Å². The van der Waals surface area contributed by atoms with E-state index in [1.54, 1.807) is 0 Å². The maximum Gasteiger partial charge on any atom is 0.0483 e. The van der Waals surface area contributed by atoms with E-state index in [0.717, 1.165) is 28.6 Å². The molecule has 1 aliphatic heterocycles. The van der Waals surface area contributed by atoms with Crippen molar-refractivity contribution in [2.24, 2.45) is 5.92 Å². The van der Waals surface area contributed by atoms with Crippen molar-refractivity contribution in [3.8, 4) is 0 Å². The molecule has 2 rings (SSSR count). The van der Waals surface area contributed by atoms with E-state index < -0.39 is 0 Å². The Kier molecular flexibility index (Phi) is 3.83. The highest BCUT2D eigenvalue weighted by atomic mass is 79.9. The Labute approximate surface area is 107 Å². The molecule has 0 aromatic heterocycles. The highest BCUT2D eigenvalue weighted by molar-refractivity contribution is 9.11. The van der Waals surface area contributed by atoms with Crippen LogP contribution in [-0.4, -0.2) is 29.7 Å². The van der Waals surface area contributed by atoms with Gasteiger partial charge in [0.2, 0.25) is 0 Å². The third-order valence-electron chi connectivity index (χ3n) is 2.62. The Bertz CT molecular complexity index is 330. The molecule has 4 heteroatoms. The number of hydrogen-bond donors (Lipinski definition) is 1. The van der Waals surface area contributed by atoms with Crippen LogP contribution in [0, 0.1) is 5.92 Å². The van der Waals surface area contributed by atoms with Crippen molar-refractivity contribution in [2.45, 2.75) is 6.54 Å². The summed E-state index contributed by atoms with van der Waals surface area (Å²) >= 11 is 6.96. The third kappa shape index (κ3) is 3.03. The van der Waals surface area contributed by atoms with Crippen LogP contribution in [0.1, 0.15) is 5.56 Å². The van der Waals surface area contributed by atoms with E-state index in [0.29, 0.717) is 12.5 Å². The molecule has 1 aromatic carbocycles. The molecule has 1 N–H and O–H groups in total. The van der Waals surface area contributed by atoms with Gasteiger partial charge in [-0.15, -0.1) is 0 Å². The quantitative estimate of drug-likeness (QED) is 0.918. The van der Waals surface area contributed by atoms with Crippen molar-refractivity contribution in [3.05, 3.63) is 32.7 Å². The van der Waals surface area contributed by atoms with Gasteiger partial charge in [-0.2, -0.15) is 0 Å². The van der Waals surface area contributed by atoms with E-state index in [1.807, 2.05) is 6.07 Å². The zero-order valence-electron chi connectivity index (χ0n) is 8.29. The second-order valence-corrected chi connectivity index (χ2v) is 5.85. The Hall–Kier alpha value is 0.1000. The first kappa shape index (κ1) is 11.6. The molecule has 1 aromatic rings. The first-order valence-electron chi connectivity index (χ1n) is 4.95. The summed E-state index contributed by atoms with van der Waals surface area (Å²) in [6.45, 7) is 3.31. The van der Waals surface area contributed by atoms with E-state index in [-0.39, 0.29) is 0 Å². The Balaban J connectivity index is 1.94. The lowest BCUT2D eigenvalue weighted by Gasteiger charge is -2.38. The summed E-state index contributed by atoms with van der Waals surface area (Å²) in [5.41, 5.74) is 1.30. The van der Waals surface area contributed by atoms with Crippen LogP contribution in [0.5, 0.6) is 0 Å². The molecule has 1 heterocycles. The van der Waals surface area contributed by atoms with Crippen LogP contribution in [0.25, 0.3) is 0 Å². The average molecular weight is 335 g/mol. The van der Waals surface area contributed by atoms with E-state index in [9.17, 15) is 0 Å². The van der Waals surface area contributed by atoms with E-state index in [4.69, 9.17) is 5.11 Å². The molecule has 0 aliphatic carbocycles. The maximum absolute atomic E-state index is 8.92. The first-order chi connectivity index (χ1) is 7.17. The zero-order chi connectivity index (χ0) is 10.8. The Morgan fingerprint density at radius 3 is 2.33 bits per heavy atom. The number of rotatable bonds is 3. The van der Waals surface area contributed by atoms with Gasteiger partial charge < -0.3 is 5.11 Å². The standard InChI is InChI=1S/C11H13Br2NO/c12-10-1-8(2-11(13)3-10)4-14-5-9(6-14)7-15/h1-3,9,15H,4-7H2. The molecular formula is C11H13Br2NO. The molecule has 2 nitrogen and oxygen atoms in total. The number of benzene rings is 1. The van der Waals surface area contributed by atoms with Gasteiger partial charge in [-0.1, -0.05) is 31.9 Å². The minimum atomic E-state index is 0.318. The van der Waals surface area contributed by atoms with Crippen LogP contribution in [0.3, 0.4) is 0 Å². The van der Waals surface area contributed by atoms with Crippen molar-refractivity contribution >= 4 is 31.9 Å². The number of aliphatic hydroxyl groups excluding tert-OH is 1. The van der Waals surface area contributed by atoms with Crippen molar-refractivity contribution in [2.75, 3.05) is 19.7 Å². The summed E-state index contributed by atoms with van der Waals surface area (Å²) in [6.07, 6.45) is 0. The molecule has 1 saturated heterocycles. The molecule has 15 heavy (non-hydrogen) atoms. The van der Waals surface area contributed by atoms with E-state index in [1.165, 1.54) is 5.56 Å². The molecular weight excluding hydrogens is 322 g/mol. The normalized spacial score (nSPS) is 17.8. The van der Waals surface area contributed by atoms with Crippen LogP contribution in [-0.2, 0) is 6.54 Å². The van der Waals surface area contributed by atoms with Gasteiger partial charge in [-0.3, -0.25) is 4.90 Å². The molecule has 0 amide bonds. The highest BCUT2D eigenvalue weighted by Gasteiger charge is 2.25. The number of nitrogens with zero attached hydrogens (tertiary/aromatic N) is 1. The van der Waals surface area contributed by atoms with Crippen LogP contribution in [0.4, 0.5) is 0 Å². The number of aliphatic hydroxyl groups is 1. The Morgan fingerprint density at radius 1 is 1.20 bits per heavy atom. The van der Waals surface area contributed by atoms with Crippen LogP contribution in [0.15, 0.2) is 27.1 Å². The summed E-state index contributed by atoms with van der Waals surface area (Å²) in [7, 11) is 0. The van der Waals surface area contributed by atoms with Crippen molar-refractivity contribution in [1.29, 1.82) is 0 Å². The van der Waals surface area contributed by atoms with Gasteiger partial charge in [0, 0.05) is 41.1 Å². The summed E-state index contributed by atoms with van der Waals surface area (Å²) in [6, 6.07) is 6.31. The second kappa shape index (κ2) is 4.95. The molecule has 0 atom stereocenters. The lowest BCUT2D eigenvalue weighted by atomic mass is 10.0. The largest absolute Gasteiger partial charge is 0.396 e. The summed E-state index contributed by atoms with van der Waals surface area (Å²) in [5.74, 6) is 0.487. The van der Waals surface area contributed by atoms with Crippen molar-refractivity contribution in [1.82, 2.24) is 4.90 Å². The molecule has 0 saturated carbocycles. The number of likely N-dealkylation sites (tertiary alicyclic amines) is 1. The molecule has 0 bridgehead atoms. The fourth-order valence-electron chi connectivity index (χ4n) is 1.88. The SMILES string of the molecule is OCC1CN(Cc2cc(Br)cc(Br)c2)C1. The molecule has 0 radical (unpaired) electrons. The van der Waals surface area contributed by atoms with Gasteiger partial charge >= 0.3 is 0 Å². The molecule has 0 spiro atoms. The fourth-order valence-corrected chi connectivity index (χ4v) is 3.27. The van der Waals surface area contributed by atoms with Crippen molar-refractivity contribution in [3.63, 3.8) is 0 Å². The van der Waals surface area contributed by atoms with Crippen LogP contribution >= 0.6 is 31.9 Å². The van der Waals surface area contributed by atoms with Crippen LogP contribution in [0.2, 0.25) is 0 Å². The summed E-state index contributed by atoms with van der Waals surface area (Å²) in [5, 5.41) is 8.92. The minimum Gasteiger partial charge on any atom is -0.396 e. The summed E-state index contributed by atoms with van der Waals surface area (Å²) in [4.78, 5) is 2.34. The molecule has 1 fully saturated rings. The monoisotopic (exact) mass is 333 g/mol. The van der Waals surface area contributed by atoms with Gasteiger partial charge in [-0.05, 0) is 23.8 Å². The zero-order valence-corrected chi connectivity index (χ0v) is 11.5. The van der Waals surface area contributed by atoms with Gasteiger partial charge in [0.15, 0.2) is 0 Å². The minimum absolute atomic E-state index is 0.318. The van der Waals surface area contributed by atoms with Gasteiger partial charge in [0.1, 0.15) is 0 Å². The van der Waals surface area contributed by atoms with Gasteiger partial charge in [-0.25, -0.2) is 0 Å². The first-order valence-corrected chi connectivity index (χ1v) is 6.54. The molecule has 1 aliphatic rings. The smallest absolute Gasteiger partial charge is 0.0483 e. The Morgan fingerprint density at radius 2 is 1.80 bits per heavy atom. The lowest BCUT2D eigenvalue weighted by molar-refractivity contribution is 0.0479. The van der Waals surface area contributed by atoms with Gasteiger partial charge in [0.05, 0.1) is 0 Å². The predicted molar refractivity (Wildman–Crippen MR) is 67.7 cm³/mol. The topological polar surface area (TPSA) is 23.5 Å². The second-order valence-electron chi connectivity index (χ2n) is 4.02. The van der Waals surface area contributed by atoms with Gasteiger partial charge in [0.25, 0.3) is 0 Å². The lowest BCUT2D eigenvalue weighted by Crippen LogP contribution is -2.47. The highest BCUT2D eigenvalue weighted by Crippen LogP contribution is 2.23. The van der Waals surface area contributed by atoms with Crippen molar-refractivity contribution < 1.29 is 5.11 Å². The number of hydrogen-bond acceptors (Lipinski definition) is 2. The predicted octanol–water partition coefficient (Wildman–Crippen LogP) is 2.64. The number of halogens is 2. The fraction of sp³-hybridized carbons (Fsp3) is 0.455. The van der Waals surface area contributed by atoms with E-state index in [2.05, 4.69) is 48.9 Å². The van der Waals surface area contributed by atoms with Crippen LogP contribution < -0.4 is 0 Å². The third-order valence-corrected chi connectivity index (χ3v) is 3.54. The molecule has 82 valence electrons. The average Bonchev–Trinajstić information content (AvgIpc) is 2.08.